The predicted octanol–water partition coefficient (Wildman–Crippen LogP) is 4.12. The number of benzene rings is 2. The lowest BCUT2D eigenvalue weighted by molar-refractivity contribution is 0.0665. The van der Waals surface area contributed by atoms with Gasteiger partial charge in [-0.15, -0.1) is 0 Å². The SMILES string of the molecule is COc1cc(CN2CCN(c3ccc4oc(C(=O)O)cc4c3Cl)CC2)cc(OC)c1. The minimum absolute atomic E-state index is 0.109. The molecule has 30 heavy (non-hydrogen) atoms. The normalized spacial score (nSPS) is 14.8. The van der Waals surface area contributed by atoms with E-state index in [9.17, 15) is 4.79 Å². The van der Waals surface area contributed by atoms with Crippen LogP contribution in [-0.4, -0.2) is 56.4 Å². The summed E-state index contributed by atoms with van der Waals surface area (Å²) >= 11 is 6.59. The van der Waals surface area contributed by atoms with Gasteiger partial charge in [0.1, 0.15) is 17.1 Å². The molecular formula is C22H23ClN2O5. The summed E-state index contributed by atoms with van der Waals surface area (Å²) in [4.78, 5) is 15.8. The molecule has 1 saturated heterocycles. The molecule has 1 fully saturated rings. The number of halogens is 1. The zero-order valence-corrected chi connectivity index (χ0v) is 17.6. The van der Waals surface area contributed by atoms with Crippen LogP contribution in [0.25, 0.3) is 11.0 Å². The molecule has 0 bridgehead atoms. The van der Waals surface area contributed by atoms with Crippen LogP contribution in [0.4, 0.5) is 5.69 Å². The summed E-state index contributed by atoms with van der Waals surface area (Å²) < 4.78 is 16.1. The molecule has 0 amide bonds. The molecule has 0 aliphatic carbocycles. The van der Waals surface area contributed by atoms with Crippen molar-refractivity contribution < 1.29 is 23.8 Å². The van der Waals surface area contributed by atoms with E-state index >= 15 is 0 Å². The highest BCUT2D eigenvalue weighted by Gasteiger charge is 2.22. The summed E-state index contributed by atoms with van der Waals surface area (Å²) in [6.45, 7) is 4.18. The van der Waals surface area contributed by atoms with E-state index in [4.69, 9.17) is 30.6 Å². The van der Waals surface area contributed by atoms with Gasteiger partial charge in [-0.3, -0.25) is 4.90 Å². The van der Waals surface area contributed by atoms with Crippen molar-refractivity contribution in [1.82, 2.24) is 4.90 Å². The highest BCUT2D eigenvalue weighted by Crippen LogP contribution is 2.36. The van der Waals surface area contributed by atoms with Crippen LogP contribution in [0.15, 0.2) is 40.8 Å². The Morgan fingerprint density at radius 2 is 1.73 bits per heavy atom. The van der Waals surface area contributed by atoms with Crippen molar-refractivity contribution in [2.75, 3.05) is 45.3 Å². The third kappa shape index (κ3) is 4.04. The molecular weight excluding hydrogens is 408 g/mol. The number of piperazine rings is 1. The summed E-state index contributed by atoms with van der Waals surface area (Å²) in [6.07, 6.45) is 0. The molecule has 4 rings (SSSR count). The number of carboxylic acids is 1. The number of hydrogen-bond donors (Lipinski definition) is 1. The van der Waals surface area contributed by atoms with Crippen molar-refractivity contribution in [3.63, 3.8) is 0 Å². The molecule has 0 unspecified atom stereocenters. The molecule has 7 nitrogen and oxygen atoms in total. The Kier molecular flexibility index (Phi) is 5.74. The maximum atomic E-state index is 11.2. The molecule has 0 atom stereocenters. The number of anilines is 1. The van der Waals surface area contributed by atoms with E-state index in [0.29, 0.717) is 16.0 Å². The van der Waals surface area contributed by atoms with Crippen LogP contribution in [-0.2, 0) is 6.54 Å². The lowest BCUT2D eigenvalue weighted by Gasteiger charge is -2.36. The van der Waals surface area contributed by atoms with E-state index in [1.807, 2.05) is 24.3 Å². The van der Waals surface area contributed by atoms with E-state index in [1.54, 1.807) is 20.3 Å². The fraction of sp³-hybridized carbons (Fsp3) is 0.318. The zero-order chi connectivity index (χ0) is 21.3. The molecule has 0 radical (unpaired) electrons. The van der Waals surface area contributed by atoms with Crippen molar-refractivity contribution in [2.45, 2.75) is 6.54 Å². The molecule has 0 spiro atoms. The Labute approximate surface area is 179 Å². The first-order chi connectivity index (χ1) is 14.5. The van der Waals surface area contributed by atoms with Gasteiger partial charge in [0.05, 0.1) is 24.9 Å². The average Bonchev–Trinajstić information content (AvgIpc) is 3.20. The zero-order valence-electron chi connectivity index (χ0n) is 16.9. The Balaban J connectivity index is 1.46. The Bertz CT molecular complexity index is 1050. The fourth-order valence-corrected chi connectivity index (χ4v) is 4.11. The van der Waals surface area contributed by atoms with Crippen LogP contribution in [0.2, 0.25) is 5.02 Å². The van der Waals surface area contributed by atoms with Crippen molar-refractivity contribution in [1.29, 1.82) is 0 Å². The summed E-state index contributed by atoms with van der Waals surface area (Å²) in [6, 6.07) is 11.1. The number of ether oxygens (including phenoxy) is 2. The largest absolute Gasteiger partial charge is 0.497 e. The van der Waals surface area contributed by atoms with Gasteiger partial charge >= 0.3 is 5.97 Å². The van der Waals surface area contributed by atoms with E-state index in [0.717, 1.165) is 55.5 Å². The Morgan fingerprint density at radius 1 is 1.07 bits per heavy atom. The van der Waals surface area contributed by atoms with Crippen molar-refractivity contribution in [3.8, 4) is 11.5 Å². The molecule has 2 heterocycles. The van der Waals surface area contributed by atoms with E-state index < -0.39 is 5.97 Å². The number of rotatable bonds is 6. The number of fused-ring (bicyclic) bond motifs is 1. The third-order valence-electron chi connectivity index (χ3n) is 5.36. The third-order valence-corrected chi connectivity index (χ3v) is 5.75. The highest BCUT2D eigenvalue weighted by atomic mass is 35.5. The van der Waals surface area contributed by atoms with Crippen LogP contribution in [0.3, 0.4) is 0 Å². The number of carboxylic acid groups (broad SMARTS) is 1. The molecule has 1 N–H and O–H groups in total. The van der Waals surface area contributed by atoms with Gasteiger partial charge < -0.3 is 23.9 Å². The Morgan fingerprint density at radius 3 is 2.33 bits per heavy atom. The maximum absolute atomic E-state index is 11.2. The van der Waals surface area contributed by atoms with E-state index in [-0.39, 0.29) is 5.76 Å². The first kappa shape index (κ1) is 20.4. The first-order valence-corrected chi connectivity index (χ1v) is 10.0. The average molecular weight is 431 g/mol. The second-order valence-electron chi connectivity index (χ2n) is 7.21. The van der Waals surface area contributed by atoms with Crippen LogP contribution in [0.1, 0.15) is 16.1 Å². The topological polar surface area (TPSA) is 75.4 Å². The molecule has 0 saturated carbocycles. The minimum atomic E-state index is -1.10. The summed E-state index contributed by atoms with van der Waals surface area (Å²) in [7, 11) is 3.30. The fourth-order valence-electron chi connectivity index (χ4n) is 3.78. The first-order valence-electron chi connectivity index (χ1n) is 9.63. The van der Waals surface area contributed by atoms with Gasteiger partial charge in [-0.1, -0.05) is 11.6 Å². The van der Waals surface area contributed by atoms with Crippen LogP contribution in [0.5, 0.6) is 11.5 Å². The van der Waals surface area contributed by atoms with Crippen LogP contribution >= 0.6 is 11.6 Å². The number of carbonyl (C=O) groups is 1. The molecule has 158 valence electrons. The Hall–Kier alpha value is -2.90. The highest BCUT2D eigenvalue weighted by molar-refractivity contribution is 6.38. The van der Waals surface area contributed by atoms with E-state index in [2.05, 4.69) is 9.80 Å². The lowest BCUT2D eigenvalue weighted by atomic mass is 10.1. The predicted molar refractivity (Wildman–Crippen MR) is 115 cm³/mol. The number of furan rings is 1. The van der Waals surface area contributed by atoms with Gasteiger partial charge in [-0.05, 0) is 29.8 Å². The lowest BCUT2D eigenvalue weighted by Crippen LogP contribution is -2.46. The van der Waals surface area contributed by atoms with Gasteiger partial charge in [0, 0.05) is 50.2 Å². The molecule has 1 aliphatic heterocycles. The quantitative estimate of drug-likeness (QED) is 0.630. The second kappa shape index (κ2) is 8.45. The van der Waals surface area contributed by atoms with Crippen molar-refractivity contribution >= 4 is 34.2 Å². The van der Waals surface area contributed by atoms with Gasteiger partial charge in [-0.25, -0.2) is 4.79 Å². The van der Waals surface area contributed by atoms with Crippen LogP contribution < -0.4 is 14.4 Å². The van der Waals surface area contributed by atoms with Gasteiger partial charge in [0.25, 0.3) is 0 Å². The molecule has 1 aliphatic rings. The van der Waals surface area contributed by atoms with Crippen molar-refractivity contribution in [3.05, 3.63) is 52.7 Å². The molecule has 2 aromatic carbocycles. The monoisotopic (exact) mass is 430 g/mol. The summed E-state index contributed by atoms with van der Waals surface area (Å²) in [5.41, 5.74) is 2.51. The number of methoxy groups -OCH3 is 2. The molecule has 3 aromatic rings. The van der Waals surface area contributed by atoms with Gasteiger partial charge in [0.2, 0.25) is 5.76 Å². The van der Waals surface area contributed by atoms with E-state index in [1.165, 1.54) is 6.07 Å². The summed E-state index contributed by atoms with van der Waals surface area (Å²) in [5.74, 6) is 0.349. The number of hydrogen-bond acceptors (Lipinski definition) is 6. The van der Waals surface area contributed by atoms with Crippen LogP contribution in [0, 0.1) is 0 Å². The minimum Gasteiger partial charge on any atom is -0.497 e. The number of aromatic carboxylic acids is 1. The van der Waals surface area contributed by atoms with Crippen molar-refractivity contribution in [2.24, 2.45) is 0 Å². The molecule has 8 heteroatoms. The maximum Gasteiger partial charge on any atom is 0.371 e. The standard InChI is InChI=1S/C22H23ClN2O5/c1-28-15-9-14(10-16(11-15)29-2)13-24-5-7-25(8-6-24)18-3-4-19-17(21(18)23)12-20(30-19)22(26)27/h3-4,9-12H,5-8,13H2,1-2H3,(H,26,27). The van der Waals surface area contributed by atoms with Gasteiger partial charge in [-0.2, -0.15) is 0 Å². The van der Waals surface area contributed by atoms with Gasteiger partial charge in [0.15, 0.2) is 0 Å². The number of nitrogens with zero attached hydrogens (tertiary/aromatic N) is 2. The molecule has 1 aromatic heterocycles. The summed E-state index contributed by atoms with van der Waals surface area (Å²) in [5, 5.41) is 10.3. The second-order valence-corrected chi connectivity index (χ2v) is 7.59. The smallest absolute Gasteiger partial charge is 0.371 e.